The van der Waals surface area contributed by atoms with E-state index in [0.717, 1.165) is 13.1 Å². The van der Waals surface area contributed by atoms with E-state index in [9.17, 15) is 4.79 Å². The molecule has 5 heteroatoms. The van der Waals surface area contributed by atoms with E-state index in [1.807, 2.05) is 0 Å². The number of fused-ring (bicyclic) bond motifs is 1. The molecule has 0 saturated carbocycles. The quantitative estimate of drug-likeness (QED) is 0.688. The molecule has 1 heterocycles. The van der Waals surface area contributed by atoms with Gasteiger partial charge in [0.15, 0.2) is 17.3 Å². The molecule has 0 aromatic heterocycles. The molecule has 21 heavy (non-hydrogen) atoms. The Balaban J connectivity index is 2.00. The number of hydrogen-bond donors (Lipinski definition) is 0. The van der Waals surface area contributed by atoms with Crippen LogP contribution in [-0.2, 0) is 4.74 Å². The second kappa shape index (κ2) is 7.43. The predicted molar refractivity (Wildman–Crippen MR) is 80.0 cm³/mol. The first-order valence-corrected chi connectivity index (χ1v) is 7.24. The second-order valence-electron chi connectivity index (χ2n) is 5.61. The highest BCUT2D eigenvalue weighted by molar-refractivity contribution is 5.98. The molecule has 1 aromatic rings. The molecule has 0 aliphatic carbocycles. The van der Waals surface area contributed by atoms with Gasteiger partial charge in [-0.1, -0.05) is 13.8 Å². The lowest BCUT2D eigenvalue weighted by Gasteiger charge is -2.23. The Morgan fingerprint density at radius 1 is 1.33 bits per heavy atom. The van der Waals surface area contributed by atoms with Gasteiger partial charge in [-0.15, -0.1) is 0 Å². The number of rotatable bonds is 8. The van der Waals surface area contributed by atoms with Crippen molar-refractivity contribution >= 4 is 5.78 Å². The van der Waals surface area contributed by atoms with Crippen LogP contribution >= 0.6 is 0 Å². The van der Waals surface area contributed by atoms with Gasteiger partial charge in [-0.25, -0.2) is 0 Å². The summed E-state index contributed by atoms with van der Waals surface area (Å²) < 4.78 is 15.7. The SMILES string of the molecule is COCCN(CC(=O)c1ccc2c(c1)OCO2)CC(C)C. The zero-order valence-corrected chi connectivity index (χ0v) is 12.9. The number of ketones is 1. The van der Waals surface area contributed by atoms with Crippen molar-refractivity contribution in [2.24, 2.45) is 5.92 Å². The minimum absolute atomic E-state index is 0.0880. The Kier molecular flexibility index (Phi) is 5.59. The van der Waals surface area contributed by atoms with Crippen molar-refractivity contribution < 1.29 is 19.0 Å². The standard InChI is InChI=1S/C16H23NO4/c1-12(2)9-17(6-7-19-3)10-14(18)13-4-5-15-16(8-13)21-11-20-15/h4-5,8,12H,6-7,9-11H2,1-3H3. The highest BCUT2D eigenvalue weighted by Gasteiger charge is 2.18. The van der Waals surface area contributed by atoms with Gasteiger partial charge >= 0.3 is 0 Å². The molecule has 1 aromatic carbocycles. The van der Waals surface area contributed by atoms with Crippen LogP contribution in [-0.4, -0.2) is 50.8 Å². The van der Waals surface area contributed by atoms with E-state index in [2.05, 4.69) is 18.7 Å². The largest absolute Gasteiger partial charge is 0.454 e. The maximum absolute atomic E-state index is 12.4. The smallest absolute Gasteiger partial charge is 0.231 e. The molecule has 0 saturated heterocycles. The number of ether oxygens (including phenoxy) is 3. The zero-order chi connectivity index (χ0) is 15.2. The first-order valence-electron chi connectivity index (χ1n) is 7.24. The fourth-order valence-corrected chi connectivity index (χ4v) is 2.34. The van der Waals surface area contributed by atoms with Gasteiger partial charge in [0, 0.05) is 25.8 Å². The highest BCUT2D eigenvalue weighted by Crippen LogP contribution is 2.32. The fraction of sp³-hybridized carbons (Fsp3) is 0.562. The van der Waals surface area contributed by atoms with Crippen molar-refractivity contribution in [1.29, 1.82) is 0 Å². The fourth-order valence-electron chi connectivity index (χ4n) is 2.34. The summed E-state index contributed by atoms with van der Waals surface area (Å²) >= 11 is 0. The maximum atomic E-state index is 12.4. The molecule has 0 fully saturated rings. The number of Topliss-reactive ketones (excluding diaryl/α,β-unsaturated/α-hetero) is 1. The summed E-state index contributed by atoms with van der Waals surface area (Å²) in [4.78, 5) is 14.5. The van der Waals surface area contributed by atoms with Crippen LogP contribution in [0.15, 0.2) is 18.2 Å². The van der Waals surface area contributed by atoms with Gasteiger partial charge in [-0.3, -0.25) is 9.69 Å². The normalized spacial score (nSPS) is 13.2. The minimum atomic E-state index is 0.0880. The molecule has 1 aliphatic heterocycles. The topological polar surface area (TPSA) is 48.0 Å². The van der Waals surface area contributed by atoms with E-state index in [-0.39, 0.29) is 12.6 Å². The summed E-state index contributed by atoms with van der Waals surface area (Å²) in [5.74, 6) is 1.94. The number of benzene rings is 1. The number of carbonyl (C=O) groups is 1. The van der Waals surface area contributed by atoms with Crippen molar-refractivity contribution in [3.8, 4) is 11.5 Å². The lowest BCUT2D eigenvalue weighted by molar-refractivity contribution is 0.0881. The second-order valence-corrected chi connectivity index (χ2v) is 5.61. The third-order valence-corrected chi connectivity index (χ3v) is 3.30. The highest BCUT2D eigenvalue weighted by atomic mass is 16.7. The predicted octanol–water partition coefficient (Wildman–Crippen LogP) is 2.20. The molecular formula is C16H23NO4. The third-order valence-electron chi connectivity index (χ3n) is 3.30. The summed E-state index contributed by atoms with van der Waals surface area (Å²) in [5, 5.41) is 0. The lowest BCUT2D eigenvalue weighted by atomic mass is 10.1. The molecule has 2 rings (SSSR count). The molecular weight excluding hydrogens is 270 g/mol. The summed E-state index contributed by atoms with van der Waals surface area (Å²) in [6, 6.07) is 5.34. The summed E-state index contributed by atoms with van der Waals surface area (Å²) in [6.45, 7) is 7.16. The van der Waals surface area contributed by atoms with E-state index < -0.39 is 0 Å². The Labute approximate surface area is 125 Å². The number of hydrogen-bond acceptors (Lipinski definition) is 5. The molecule has 0 atom stereocenters. The average molecular weight is 293 g/mol. The molecule has 0 amide bonds. The van der Waals surface area contributed by atoms with Crippen molar-refractivity contribution in [3.63, 3.8) is 0 Å². The van der Waals surface area contributed by atoms with Crippen LogP contribution in [0.5, 0.6) is 11.5 Å². The molecule has 0 spiro atoms. The Hall–Kier alpha value is -1.59. The van der Waals surface area contributed by atoms with Crippen molar-refractivity contribution in [3.05, 3.63) is 23.8 Å². The van der Waals surface area contributed by atoms with Crippen LogP contribution < -0.4 is 9.47 Å². The van der Waals surface area contributed by atoms with Crippen LogP contribution in [0.3, 0.4) is 0 Å². The van der Waals surface area contributed by atoms with E-state index in [1.54, 1.807) is 25.3 Å². The molecule has 0 N–H and O–H groups in total. The van der Waals surface area contributed by atoms with Crippen LogP contribution in [0.4, 0.5) is 0 Å². The van der Waals surface area contributed by atoms with Crippen molar-refractivity contribution in [1.82, 2.24) is 4.90 Å². The molecule has 0 unspecified atom stereocenters. The number of nitrogens with zero attached hydrogens (tertiary/aromatic N) is 1. The van der Waals surface area contributed by atoms with Gasteiger partial charge in [-0.2, -0.15) is 0 Å². The van der Waals surface area contributed by atoms with Crippen LogP contribution in [0.25, 0.3) is 0 Å². The third kappa shape index (κ3) is 4.44. The molecule has 0 radical (unpaired) electrons. The maximum Gasteiger partial charge on any atom is 0.231 e. The van der Waals surface area contributed by atoms with E-state index in [4.69, 9.17) is 14.2 Å². The van der Waals surface area contributed by atoms with Gasteiger partial charge in [-0.05, 0) is 24.1 Å². The summed E-state index contributed by atoms with van der Waals surface area (Å²) in [6.07, 6.45) is 0. The number of carbonyl (C=O) groups excluding carboxylic acids is 1. The Morgan fingerprint density at radius 2 is 2.10 bits per heavy atom. The molecule has 5 nitrogen and oxygen atoms in total. The Morgan fingerprint density at radius 3 is 2.81 bits per heavy atom. The van der Waals surface area contributed by atoms with Gasteiger partial charge in [0.2, 0.25) is 6.79 Å². The van der Waals surface area contributed by atoms with E-state index in [1.165, 1.54) is 0 Å². The van der Waals surface area contributed by atoms with Crippen molar-refractivity contribution in [2.45, 2.75) is 13.8 Å². The van der Waals surface area contributed by atoms with E-state index >= 15 is 0 Å². The summed E-state index contributed by atoms with van der Waals surface area (Å²) in [7, 11) is 1.67. The van der Waals surface area contributed by atoms with Gasteiger partial charge in [0.05, 0.1) is 13.2 Å². The average Bonchev–Trinajstić information content (AvgIpc) is 2.91. The minimum Gasteiger partial charge on any atom is -0.454 e. The van der Waals surface area contributed by atoms with Gasteiger partial charge < -0.3 is 14.2 Å². The van der Waals surface area contributed by atoms with Crippen molar-refractivity contribution in [2.75, 3.05) is 40.1 Å². The number of methoxy groups -OCH3 is 1. The van der Waals surface area contributed by atoms with Gasteiger partial charge in [0.25, 0.3) is 0 Å². The molecule has 1 aliphatic rings. The monoisotopic (exact) mass is 293 g/mol. The zero-order valence-electron chi connectivity index (χ0n) is 12.9. The van der Waals surface area contributed by atoms with Crippen LogP contribution in [0.1, 0.15) is 24.2 Å². The first kappa shape index (κ1) is 15.8. The van der Waals surface area contributed by atoms with Crippen LogP contribution in [0, 0.1) is 5.92 Å². The van der Waals surface area contributed by atoms with E-state index in [0.29, 0.717) is 36.1 Å². The van der Waals surface area contributed by atoms with Gasteiger partial charge in [0.1, 0.15) is 0 Å². The lowest BCUT2D eigenvalue weighted by Crippen LogP contribution is -2.35. The molecule has 0 bridgehead atoms. The summed E-state index contributed by atoms with van der Waals surface area (Å²) in [5.41, 5.74) is 0.658. The molecule has 116 valence electrons. The first-order chi connectivity index (χ1) is 10.1. The van der Waals surface area contributed by atoms with Crippen LogP contribution in [0.2, 0.25) is 0 Å². The Bertz CT molecular complexity index is 487.